The van der Waals surface area contributed by atoms with Crippen LogP contribution in [-0.2, 0) is 0 Å². The number of rotatable bonds is 3. The van der Waals surface area contributed by atoms with Gasteiger partial charge >= 0.3 is 0 Å². The van der Waals surface area contributed by atoms with Crippen LogP contribution in [0.2, 0.25) is 0 Å². The van der Waals surface area contributed by atoms with Gasteiger partial charge in [0, 0.05) is 44.0 Å². The summed E-state index contributed by atoms with van der Waals surface area (Å²) in [5, 5.41) is 0. The Kier molecular flexibility index (Phi) is 4.28. The molecule has 0 amide bonds. The van der Waals surface area contributed by atoms with Crippen molar-refractivity contribution in [1.29, 1.82) is 0 Å². The first-order valence-electron chi connectivity index (χ1n) is 9.82. The van der Waals surface area contributed by atoms with E-state index in [-0.39, 0.29) is 11.3 Å². The fourth-order valence-electron chi connectivity index (χ4n) is 4.69. The van der Waals surface area contributed by atoms with Crippen LogP contribution in [0.5, 0.6) is 5.75 Å². The largest absolute Gasteiger partial charge is 0.494 e. The third-order valence-corrected chi connectivity index (χ3v) is 6.13. The van der Waals surface area contributed by atoms with Gasteiger partial charge in [-0.2, -0.15) is 0 Å². The van der Waals surface area contributed by atoms with Crippen LogP contribution in [0.1, 0.15) is 0 Å². The summed E-state index contributed by atoms with van der Waals surface area (Å²) in [5.74, 6) is 1.07. The molecule has 150 valence electrons. The SMILES string of the molecule is COc1ccc(-c2cc(=O)n3cc(N4CC5CN(C)CC5C4)ccc3n2)cc1F. The highest BCUT2D eigenvalue weighted by Crippen LogP contribution is 2.33. The maximum atomic E-state index is 14.1. The number of fused-ring (bicyclic) bond motifs is 2. The van der Waals surface area contributed by atoms with Crippen LogP contribution in [-0.4, -0.2) is 54.6 Å². The molecule has 0 N–H and O–H groups in total. The molecule has 2 aliphatic rings. The first kappa shape index (κ1) is 18.1. The van der Waals surface area contributed by atoms with E-state index in [2.05, 4.69) is 21.8 Å². The number of hydrogen-bond donors (Lipinski definition) is 0. The third-order valence-electron chi connectivity index (χ3n) is 6.13. The number of benzene rings is 1. The number of anilines is 1. The van der Waals surface area contributed by atoms with E-state index in [0.717, 1.165) is 31.9 Å². The predicted molar refractivity (Wildman–Crippen MR) is 110 cm³/mol. The number of methoxy groups -OCH3 is 1. The number of likely N-dealkylation sites (tertiary alicyclic amines) is 1. The highest BCUT2D eigenvalue weighted by Gasteiger charge is 2.38. The second kappa shape index (κ2) is 6.84. The molecule has 29 heavy (non-hydrogen) atoms. The van der Waals surface area contributed by atoms with Gasteiger partial charge in [-0.3, -0.25) is 9.20 Å². The highest BCUT2D eigenvalue weighted by atomic mass is 19.1. The van der Waals surface area contributed by atoms with Crippen molar-refractivity contribution in [3.63, 3.8) is 0 Å². The molecule has 7 heteroatoms. The van der Waals surface area contributed by atoms with Gasteiger partial charge in [0.2, 0.25) is 0 Å². The minimum Gasteiger partial charge on any atom is -0.494 e. The molecular weight excluding hydrogens is 371 g/mol. The van der Waals surface area contributed by atoms with Crippen LogP contribution in [0.15, 0.2) is 47.4 Å². The molecule has 0 bridgehead atoms. The lowest BCUT2D eigenvalue weighted by Crippen LogP contribution is -2.27. The maximum Gasteiger partial charge on any atom is 0.258 e. The van der Waals surface area contributed by atoms with Crippen LogP contribution in [0, 0.1) is 17.7 Å². The number of ether oxygens (including phenoxy) is 1. The minimum absolute atomic E-state index is 0.164. The molecule has 3 aromatic rings. The third kappa shape index (κ3) is 3.15. The molecule has 0 radical (unpaired) electrons. The average molecular weight is 394 g/mol. The lowest BCUT2D eigenvalue weighted by Gasteiger charge is -2.21. The van der Waals surface area contributed by atoms with Crippen molar-refractivity contribution in [1.82, 2.24) is 14.3 Å². The van der Waals surface area contributed by atoms with Crippen LogP contribution < -0.4 is 15.2 Å². The average Bonchev–Trinajstić information content (AvgIpc) is 3.25. The van der Waals surface area contributed by atoms with E-state index in [1.807, 2.05) is 18.3 Å². The Labute approximate surface area is 168 Å². The van der Waals surface area contributed by atoms with Gasteiger partial charge in [0.25, 0.3) is 5.56 Å². The van der Waals surface area contributed by atoms with Crippen LogP contribution in [0.25, 0.3) is 16.9 Å². The fraction of sp³-hybridized carbons (Fsp3) is 0.364. The zero-order valence-electron chi connectivity index (χ0n) is 16.5. The zero-order chi connectivity index (χ0) is 20.1. The van der Waals surface area contributed by atoms with E-state index < -0.39 is 5.82 Å². The van der Waals surface area contributed by atoms with E-state index >= 15 is 0 Å². The Morgan fingerprint density at radius 3 is 2.52 bits per heavy atom. The summed E-state index contributed by atoms with van der Waals surface area (Å²) in [5.41, 5.74) is 2.40. The predicted octanol–water partition coefficient (Wildman–Crippen LogP) is 2.51. The molecule has 2 fully saturated rings. The van der Waals surface area contributed by atoms with Crippen molar-refractivity contribution in [3.05, 3.63) is 58.8 Å². The molecule has 4 heterocycles. The van der Waals surface area contributed by atoms with Gasteiger partial charge in [0.05, 0.1) is 18.5 Å². The second-order valence-corrected chi connectivity index (χ2v) is 8.09. The first-order valence-corrected chi connectivity index (χ1v) is 9.82. The molecule has 1 aromatic carbocycles. The number of pyridine rings is 1. The van der Waals surface area contributed by atoms with Gasteiger partial charge in [-0.25, -0.2) is 9.37 Å². The van der Waals surface area contributed by atoms with Crippen molar-refractivity contribution in [2.24, 2.45) is 11.8 Å². The highest BCUT2D eigenvalue weighted by molar-refractivity contribution is 5.63. The summed E-state index contributed by atoms with van der Waals surface area (Å²) in [6.07, 6.45) is 1.87. The molecule has 0 saturated carbocycles. The summed E-state index contributed by atoms with van der Waals surface area (Å²) in [6.45, 7) is 4.31. The maximum absolute atomic E-state index is 14.1. The van der Waals surface area contributed by atoms with E-state index in [9.17, 15) is 9.18 Å². The molecule has 0 spiro atoms. The van der Waals surface area contributed by atoms with Crippen LogP contribution >= 0.6 is 0 Å². The topological polar surface area (TPSA) is 50.1 Å². The Hall–Kier alpha value is -2.93. The standard InChI is InChI=1S/C22H23FN4O2/c1-25-9-15-11-26(12-16(15)10-25)17-4-6-21-24-19(8-22(28)27(21)13-17)14-3-5-20(29-2)18(23)7-14/h3-8,13,15-16H,9-12H2,1-2H3. The van der Waals surface area contributed by atoms with Gasteiger partial charge in [-0.15, -0.1) is 0 Å². The lowest BCUT2D eigenvalue weighted by molar-refractivity contribution is 0.386. The van der Waals surface area contributed by atoms with Crippen molar-refractivity contribution in [2.75, 3.05) is 45.2 Å². The van der Waals surface area contributed by atoms with Crippen molar-refractivity contribution < 1.29 is 9.13 Å². The van der Waals surface area contributed by atoms with Gasteiger partial charge in [-0.05, 0) is 49.2 Å². The monoisotopic (exact) mass is 394 g/mol. The summed E-state index contributed by atoms with van der Waals surface area (Å²) >= 11 is 0. The van der Waals surface area contributed by atoms with Crippen LogP contribution in [0.4, 0.5) is 10.1 Å². The molecular formula is C22H23FN4O2. The zero-order valence-corrected chi connectivity index (χ0v) is 16.5. The summed E-state index contributed by atoms with van der Waals surface area (Å²) in [4.78, 5) is 22.1. The van der Waals surface area contributed by atoms with Crippen LogP contribution in [0.3, 0.4) is 0 Å². The van der Waals surface area contributed by atoms with Crippen molar-refractivity contribution >= 4 is 11.3 Å². The number of nitrogens with zero attached hydrogens (tertiary/aromatic N) is 4. The smallest absolute Gasteiger partial charge is 0.258 e. The Morgan fingerprint density at radius 1 is 1.07 bits per heavy atom. The quantitative estimate of drug-likeness (QED) is 0.683. The lowest BCUT2D eigenvalue weighted by atomic mass is 10.0. The Balaban J connectivity index is 1.47. The molecule has 2 aliphatic heterocycles. The number of aromatic nitrogens is 2. The van der Waals surface area contributed by atoms with E-state index in [1.54, 1.807) is 16.5 Å². The summed E-state index contributed by atoms with van der Waals surface area (Å²) in [6, 6.07) is 9.91. The van der Waals surface area contributed by atoms with Gasteiger partial charge in [0.1, 0.15) is 5.65 Å². The van der Waals surface area contributed by atoms with Gasteiger partial charge in [-0.1, -0.05) is 0 Å². The molecule has 2 unspecified atom stereocenters. The summed E-state index contributed by atoms with van der Waals surface area (Å²) in [7, 11) is 3.60. The van der Waals surface area contributed by atoms with Gasteiger partial charge < -0.3 is 14.5 Å². The van der Waals surface area contributed by atoms with Gasteiger partial charge in [0.15, 0.2) is 11.6 Å². The van der Waals surface area contributed by atoms with Crippen molar-refractivity contribution in [2.45, 2.75) is 0 Å². The molecule has 5 rings (SSSR count). The Morgan fingerprint density at radius 2 is 1.83 bits per heavy atom. The first-order chi connectivity index (χ1) is 14.0. The molecule has 2 atom stereocenters. The fourth-order valence-corrected chi connectivity index (χ4v) is 4.69. The Bertz CT molecular complexity index is 1130. The summed E-state index contributed by atoms with van der Waals surface area (Å²) < 4.78 is 20.6. The van der Waals surface area contributed by atoms with E-state index in [4.69, 9.17) is 4.74 Å². The van der Waals surface area contributed by atoms with E-state index in [0.29, 0.717) is 28.7 Å². The number of halogens is 1. The molecule has 2 saturated heterocycles. The van der Waals surface area contributed by atoms with E-state index in [1.165, 1.54) is 19.2 Å². The second-order valence-electron chi connectivity index (χ2n) is 8.09. The molecule has 2 aromatic heterocycles. The normalized spacial score (nSPS) is 21.7. The molecule has 6 nitrogen and oxygen atoms in total. The number of hydrogen-bond acceptors (Lipinski definition) is 5. The minimum atomic E-state index is -0.479. The van der Waals surface area contributed by atoms with Crippen molar-refractivity contribution in [3.8, 4) is 17.0 Å². The molecule has 0 aliphatic carbocycles.